The molecule has 0 saturated carbocycles. The van der Waals surface area contributed by atoms with Gasteiger partial charge in [0.1, 0.15) is 0 Å². The van der Waals surface area contributed by atoms with Crippen molar-refractivity contribution in [2.75, 3.05) is 39.4 Å². The van der Waals surface area contributed by atoms with Gasteiger partial charge in [0.05, 0.1) is 0 Å². The number of hydrogen-bond acceptors (Lipinski definition) is 3. The summed E-state index contributed by atoms with van der Waals surface area (Å²) in [5, 5.41) is 3.19. The zero-order chi connectivity index (χ0) is 16.9. The summed E-state index contributed by atoms with van der Waals surface area (Å²) in [6, 6.07) is 0.356. The highest BCUT2D eigenvalue weighted by Gasteiger charge is 2.30. The molecule has 5 heteroatoms. The number of rotatable bonds is 5. The fourth-order valence-electron chi connectivity index (χ4n) is 3.58. The minimum Gasteiger partial charge on any atom is -0.381 e. The van der Waals surface area contributed by atoms with Crippen LogP contribution in [0.1, 0.15) is 53.4 Å². The van der Waals surface area contributed by atoms with Crippen LogP contribution in [0.3, 0.4) is 0 Å². The normalized spacial score (nSPS) is 22.9. The molecule has 0 aromatic carbocycles. The van der Waals surface area contributed by atoms with E-state index in [4.69, 9.17) is 4.74 Å². The second-order valence-electron chi connectivity index (χ2n) is 7.78. The van der Waals surface area contributed by atoms with E-state index in [2.05, 4.69) is 37.9 Å². The van der Waals surface area contributed by atoms with E-state index in [0.29, 0.717) is 5.92 Å². The minimum absolute atomic E-state index is 0.110. The Morgan fingerprint density at radius 2 is 1.83 bits per heavy atom. The van der Waals surface area contributed by atoms with Crippen molar-refractivity contribution in [3.05, 3.63) is 0 Å². The third-order valence-electron chi connectivity index (χ3n) is 5.69. The highest BCUT2D eigenvalue weighted by molar-refractivity contribution is 5.74. The number of carbonyl (C=O) groups excluding carboxylic acids is 1. The number of amides is 2. The smallest absolute Gasteiger partial charge is 0.317 e. The standard InChI is InChI=1S/C18H35N3O2/c1-5-18(3,4)21-10-8-20(9-11-21)17(22)19-15(2)14-16-6-12-23-13-7-16/h15-16H,5-14H2,1-4H3,(H,19,22). The third kappa shape index (κ3) is 5.35. The van der Waals surface area contributed by atoms with Gasteiger partial charge in [0.15, 0.2) is 0 Å². The summed E-state index contributed by atoms with van der Waals surface area (Å²) in [4.78, 5) is 16.9. The van der Waals surface area contributed by atoms with E-state index in [1.54, 1.807) is 0 Å². The van der Waals surface area contributed by atoms with Crippen molar-refractivity contribution >= 4 is 6.03 Å². The fraction of sp³-hybridized carbons (Fsp3) is 0.944. The summed E-state index contributed by atoms with van der Waals surface area (Å²) in [6.07, 6.45) is 4.47. The van der Waals surface area contributed by atoms with E-state index < -0.39 is 0 Å². The van der Waals surface area contributed by atoms with Gasteiger partial charge in [-0.1, -0.05) is 6.92 Å². The van der Waals surface area contributed by atoms with Crippen molar-refractivity contribution < 1.29 is 9.53 Å². The molecule has 2 rings (SSSR count). The summed E-state index contributed by atoms with van der Waals surface area (Å²) < 4.78 is 5.40. The predicted molar refractivity (Wildman–Crippen MR) is 93.7 cm³/mol. The first-order valence-corrected chi connectivity index (χ1v) is 9.30. The van der Waals surface area contributed by atoms with Crippen LogP contribution in [0.15, 0.2) is 0 Å². The number of ether oxygens (including phenoxy) is 1. The van der Waals surface area contributed by atoms with Crippen LogP contribution in [-0.2, 0) is 4.74 Å². The molecule has 0 aromatic rings. The number of nitrogens with zero attached hydrogens (tertiary/aromatic N) is 2. The van der Waals surface area contributed by atoms with Gasteiger partial charge >= 0.3 is 6.03 Å². The molecule has 1 unspecified atom stereocenters. The molecule has 2 aliphatic heterocycles. The molecule has 1 atom stereocenters. The van der Waals surface area contributed by atoms with Crippen LogP contribution in [0.2, 0.25) is 0 Å². The molecule has 0 radical (unpaired) electrons. The SMILES string of the molecule is CCC(C)(C)N1CCN(C(=O)NC(C)CC2CCOCC2)CC1. The molecule has 0 bridgehead atoms. The van der Waals surface area contributed by atoms with Crippen molar-refractivity contribution in [3.63, 3.8) is 0 Å². The maximum Gasteiger partial charge on any atom is 0.317 e. The molecule has 0 aromatic heterocycles. The Balaban J connectivity index is 1.72. The Morgan fingerprint density at radius 3 is 2.39 bits per heavy atom. The lowest BCUT2D eigenvalue weighted by Crippen LogP contribution is -2.57. The molecule has 5 nitrogen and oxygen atoms in total. The zero-order valence-electron chi connectivity index (χ0n) is 15.4. The van der Waals surface area contributed by atoms with E-state index in [9.17, 15) is 4.79 Å². The molecular formula is C18H35N3O2. The van der Waals surface area contributed by atoms with Crippen molar-refractivity contribution in [2.45, 2.75) is 65.0 Å². The second-order valence-corrected chi connectivity index (χ2v) is 7.78. The first-order valence-electron chi connectivity index (χ1n) is 9.30. The van der Waals surface area contributed by atoms with E-state index in [1.807, 2.05) is 4.90 Å². The Hall–Kier alpha value is -0.810. The molecular weight excluding hydrogens is 290 g/mol. The number of carbonyl (C=O) groups is 1. The highest BCUT2D eigenvalue weighted by atomic mass is 16.5. The minimum atomic E-state index is 0.110. The number of nitrogens with one attached hydrogen (secondary N) is 1. The van der Waals surface area contributed by atoms with Crippen LogP contribution in [0, 0.1) is 5.92 Å². The van der Waals surface area contributed by atoms with E-state index in [0.717, 1.165) is 65.1 Å². The zero-order valence-corrected chi connectivity index (χ0v) is 15.4. The third-order valence-corrected chi connectivity index (χ3v) is 5.69. The first kappa shape index (κ1) is 18.5. The van der Waals surface area contributed by atoms with Gasteiger partial charge in [-0.2, -0.15) is 0 Å². The molecule has 2 saturated heterocycles. The van der Waals surface area contributed by atoms with Crippen LogP contribution in [-0.4, -0.2) is 66.8 Å². The number of piperazine rings is 1. The Morgan fingerprint density at radius 1 is 1.22 bits per heavy atom. The Labute approximate surface area is 141 Å². The summed E-state index contributed by atoms with van der Waals surface area (Å²) in [6.45, 7) is 14.3. The van der Waals surface area contributed by atoms with E-state index in [1.165, 1.54) is 0 Å². The van der Waals surface area contributed by atoms with Crippen LogP contribution in [0.5, 0.6) is 0 Å². The van der Waals surface area contributed by atoms with Gasteiger partial charge in [-0.3, -0.25) is 4.90 Å². The maximum absolute atomic E-state index is 12.4. The lowest BCUT2D eigenvalue weighted by atomic mass is 9.93. The van der Waals surface area contributed by atoms with E-state index in [-0.39, 0.29) is 17.6 Å². The summed E-state index contributed by atoms with van der Waals surface area (Å²) >= 11 is 0. The first-order chi connectivity index (χ1) is 10.9. The van der Waals surface area contributed by atoms with Gasteiger partial charge in [-0.15, -0.1) is 0 Å². The molecule has 2 amide bonds. The Kier molecular flexibility index (Phi) is 6.72. The van der Waals surface area contributed by atoms with Gasteiger partial charge in [0, 0.05) is 51.0 Å². The van der Waals surface area contributed by atoms with Crippen molar-refractivity contribution in [3.8, 4) is 0 Å². The average molecular weight is 325 g/mol. The molecule has 0 spiro atoms. The lowest BCUT2D eigenvalue weighted by molar-refractivity contribution is 0.0568. The van der Waals surface area contributed by atoms with Crippen molar-refractivity contribution in [1.29, 1.82) is 0 Å². The van der Waals surface area contributed by atoms with Gasteiger partial charge in [-0.05, 0) is 52.4 Å². The van der Waals surface area contributed by atoms with Crippen molar-refractivity contribution in [2.24, 2.45) is 5.92 Å². The molecule has 2 fully saturated rings. The van der Waals surface area contributed by atoms with Crippen molar-refractivity contribution in [1.82, 2.24) is 15.1 Å². The van der Waals surface area contributed by atoms with Gasteiger partial charge < -0.3 is 15.0 Å². The van der Waals surface area contributed by atoms with Crippen LogP contribution in [0.4, 0.5) is 4.79 Å². The highest BCUT2D eigenvalue weighted by Crippen LogP contribution is 2.21. The number of hydrogen-bond donors (Lipinski definition) is 1. The summed E-state index contributed by atoms with van der Waals surface area (Å²) in [5.74, 6) is 0.696. The lowest BCUT2D eigenvalue weighted by Gasteiger charge is -2.44. The fourth-order valence-corrected chi connectivity index (χ4v) is 3.58. The van der Waals surface area contributed by atoms with Crippen LogP contribution >= 0.6 is 0 Å². The quantitative estimate of drug-likeness (QED) is 0.845. The van der Waals surface area contributed by atoms with Gasteiger partial charge in [0.25, 0.3) is 0 Å². The molecule has 134 valence electrons. The second kappa shape index (κ2) is 8.34. The number of urea groups is 1. The summed E-state index contributed by atoms with van der Waals surface area (Å²) in [7, 11) is 0. The van der Waals surface area contributed by atoms with Gasteiger partial charge in [0.2, 0.25) is 0 Å². The molecule has 0 aliphatic carbocycles. The summed E-state index contributed by atoms with van der Waals surface area (Å²) in [5.41, 5.74) is 0.235. The molecule has 1 N–H and O–H groups in total. The molecule has 2 heterocycles. The largest absolute Gasteiger partial charge is 0.381 e. The van der Waals surface area contributed by atoms with Crippen LogP contribution in [0.25, 0.3) is 0 Å². The molecule has 2 aliphatic rings. The molecule has 23 heavy (non-hydrogen) atoms. The van der Waals surface area contributed by atoms with E-state index >= 15 is 0 Å². The topological polar surface area (TPSA) is 44.8 Å². The predicted octanol–water partition coefficient (Wildman–Crippen LogP) is 2.71. The monoisotopic (exact) mass is 325 g/mol. The average Bonchev–Trinajstić information content (AvgIpc) is 2.55. The Bertz CT molecular complexity index is 372. The van der Waals surface area contributed by atoms with Crippen LogP contribution < -0.4 is 5.32 Å². The maximum atomic E-state index is 12.4. The van der Waals surface area contributed by atoms with Gasteiger partial charge in [-0.25, -0.2) is 4.79 Å².